The molecule has 0 saturated carbocycles. The molecular weight excluding hydrogens is 325 g/mol. The van der Waals surface area contributed by atoms with E-state index >= 15 is 0 Å². The van der Waals surface area contributed by atoms with Crippen LogP contribution in [0.2, 0.25) is 0 Å². The summed E-state index contributed by atoms with van der Waals surface area (Å²) in [6, 6.07) is 13.5. The molecule has 0 aromatic heterocycles. The lowest BCUT2D eigenvalue weighted by atomic mass is 9.99. The van der Waals surface area contributed by atoms with Gasteiger partial charge in [-0.25, -0.2) is 0 Å². The van der Waals surface area contributed by atoms with Crippen molar-refractivity contribution >= 4 is 34.6 Å². The van der Waals surface area contributed by atoms with Gasteiger partial charge in [-0.3, -0.25) is 4.79 Å². The summed E-state index contributed by atoms with van der Waals surface area (Å²) in [5.74, 6) is 0. The molecule has 2 rings (SSSR count). The third kappa shape index (κ3) is 2.85. The van der Waals surface area contributed by atoms with Crippen molar-refractivity contribution in [2.75, 3.05) is 5.73 Å². The fourth-order valence-corrected chi connectivity index (χ4v) is 2.30. The van der Waals surface area contributed by atoms with Crippen LogP contribution in [0.4, 0.5) is 5.69 Å². The lowest BCUT2D eigenvalue weighted by Gasteiger charge is -2.08. The third-order valence-corrected chi connectivity index (χ3v) is 3.34. The largest absolute Gasteiger partial charge is 0.398 e. The number of hydrogen-bond donors (Lipinski definition) is 1. The SMILES string of the molecule is Nc1ccc(I)cc1Cc1ccccc1C=O. The fourth-order valence-electron chi connectivity index (χ4n) is 1.74. The zero-order valence-electron chi connectivity index (χ0n) is 9.19. The number of hydrogen-bond acceptors (Lipinski definition) is 2. The van der Waals surface area contributed by atoms with E-state index < -0.39 is 0 Å². The van der Waals surface area contributed by atoms with Gasteiger partial charge >= 0.3 is 0 Å². The van der Waals surface area contributed by atoms with Crippen molar-refractivity contribution in [3.05, 3.63) is 62.7 Å². The van der Waals surface area contributed by atoms with Crippen molar-refractivity contribution in [1.82, 2.24) is 0 Å². The Morgan fingerprint density at radius 1 is 1.12 bits per heavy atom. The Balaban J connectivity index is 2.37. The first-order valence-electron chi connectivity index (χ1n) is 5.27. The fraction of sp³-hybridized carbons (Fsp3) is 0.0714. The van der Waals surface area contributed by atoms with Gasteiger partial charge in [0.2, 0.25) is 0 Å². The Hall–Kier alpha value is -1.36. The van der Waals surface area contributed by atoms with Crippen molar-refractivity contribution in [1.29, 1.82) is 0 Å². The van der Waals surface area contributed by atoms with Gasteiger partial charge in [-0.15, -0.1) is 0 Å². The average Bonchev–Trinajstić information content (AvgIpc) is 2.34. The molecule has 0 unspecified atom stereocenters. The van der Waals surface area contributed by atoms with Crippen LogP contribution in [-0.4, -0.2) is 6.29 Å². The third-order valence-electron chi connectivity index (χ3n) is 2.67. The minimum Gasteiger partial charge on any atom is -0.398 e. The van der Waals surface area contributed by atoms with Crippen molar-refractivity contribution in [2.45, 2.75) is 6.42 Å². The van der Waals surface area contributed by atoms with E-state index in [1.54, 1.807) is 0 Å². The van der Waals surface area contributed by atoms with Gasteiger partial charge in [-0.05, 0) is 51.9 Å². The zero-order chi connectivity index (χ0) is 12.3. The summed E-state index contributed by atoms with van der Waals surface area (Å²) in [6.45, 7) is 0. The topological polar surface area (TPSA) is 43.1 Å². The molecule has 0 radical (unpaired) electrons. The molecule has 0 saturated heterocycles. The van der Waals surface area contributed by atoms with E-state index in [4.69, 9.17) is 5.73 Å². The molecule has 0 fully saturated rings. The molecule has 0 aliphatic rings. The van der Waals surface area contributed by atoms with E-state index in [9.17, 15) is 4.79 Å². The quantitative estimate of drug-likeness (QED) is 0.531. The van der Waals surface area contributed by atoms with E-state index in [1.165, 1.54) is 0 Å². The number of anilines is 1. The van der Waals surface area contributed by atoms with Crippen molar-refractivity contribution < 1.29 is 4.79 Å². The summed E-state index contributed by atoms with van der Waals surface area (Å²) in [5, 5.41) is 0. The number of benzene rings is 2. The Bertz CT molecular complexity index is 552. The predicted octanol–water partition coefficient (Wildman–Crippen LogP) is 3.28. The number of aldehydes is 1. The van der Waals surface area contributed by atoms with Gasteiger partial charge in [-0.2, -0.15) is 0 Å². The second-order valence-corrected chi connectivity index (χ2v) is 5.08. The standard InChI is InChI=1S/C14H12INO/c15-13-5-6-14(16)12(8-13)7-10-3-1-2-4-11(10)9-17/h1-6,8-9H,7,16H2. The van der Waals surface area contributed by atoms with Gasteiger partial charge < -0.3 is 5.73 Å². The number of halogens is 1. The second kappa shape index (κ2) is 5.31. The maximum absolute atomic E-state index is 10.9. The highest BCUT2D eigenvalue weighted by atomic mass is 127. The molecule has 2 nitrogen and oxygen atoms in total. The first kappa shape index (κ1) is 12.1. The maximum Gasteiger partial charge on any atom is 0.150 e. The highest BCUT2D eigenvalue weighted by Gasteiger charge is 2.05. The normalized spacial score (nSPS) is 10.2. The van der Waals surface area contributed by atoms with E-state index in [0.717, 1.165) is 32.2 Å². The molecule has 2 N–H and O–H groups in total. The van der Waals surface area contributed by atoms with E-state index in [2.05, 4.69) is 28.7 Å². The Labute approximate surface area is 114 Å². The van der Waals surface area contributed by atoms with Crippen molar-refractivity contribution in [3.8, 4) is 0 Å². The summed E-state index contributed by atoms with van der Waals surface area (Å²) in [5.41, 5.74) is 9.51. The smallest absolute Gasteiger partial charge is 0.150 e. The van der Waals surface area contributed by atoms with Gasteiger partial charge in [0.05, 0.1) is 0 Å². The number of nitrogen functional groups attached to an aromatic ring is 1. The van der Waals surface area contributed by atoms with Crippen molar-refractivity contribution in [3.63, 3.8) is 0 Å². The molecule has 0 spiro atoms. The number of rotatable bonds is 3. The van der Waals surface area contributed by atoms with Gasteiger partial charge in [0, 0.05) is 21.2 Å². The van der Waals surface area contributed by atoms with Crippen LogP contribution in [0.1, 0.15) is 21.5 Å². The molecule has 2 aromatic carbocycles. The van der Waals surface area contributed by atoms with Crippen LogP contribution in [0, 0.1) is 3.57 Å². The molecule has 3 heteroatoms. The summed E-state index contributed by atoms with van der Waals surface area (Å²) >= 11 is 2.26. The molecule has 0 aliphatic carbocycles. The monoisotopic (exact) mass is 337 g/mol. The van der Waals surface area contributed by atoms with Crippen LogP contribution in [0.25, 0.3) is 0 Å². The summed E-state index contributed by atoms with van der Waals surface area (Å²) in [7, 11) is 0. The molecule has 0 aliphatic heterocycles. The van der Waals surface area contributed by atoms with Crippen LogP contribution < -0.4 is 5.73 Å². The maximum atomic E-state index is 10.9. The van der Waals surface area contributed by atoms with Crippen LogP contribution in [-0.2, 0) is 6.42 Å². The number of nitrogens with two attached hydrogens (primary N) is 1. The molecule has 0 bridgehead atoms. The van der Waals surface area contributed by atoms with Crippen LogP contribution >= 0.6 is 22.6 Å². The summed E-state index contributed by atoms with van der Waals surface area (Å²) in [6.07, 6.45) is 1.58. The summed E-state index contributed by atoms with van der Waals surface area (Å²) < 4.78 is 1.15. The van der Waals surface area contributed by atoms with E-state index in [-0.39, 0.29) is 0 Å². The molecule has 86 valence electrons. The highest BCUT2D eigenvalue weighted by Crippen LogP contribution is 2.20. The predicted molar refractivity (Wildman–Crippen MR) is 78.2 cm³/mol. The second-order valence-electron chi connectivity index (χ2n) is 3.84. The number of carbonyl (C=O) groups is 1. The molecule has 0 atom stereocenters. The minimum atomic E-state index is 0.692. The van der Waals surface area contributed by atoms with Gasteiger partial charge in [-0.1, -0.05) is 24.3 Å². The molecule has 0 amide bonds. The van der Waals surface area contributed by atoms with Crippen molar-refractivity contribution in [2.24, 2.45) is 0 Å². The Morgan fingerprint density at radius 3 is 2.65 bits per heavy atom. The highest BCUT2D eigenvalue weighted by molar-refractivity contribution is 14.1. The zero-order valence-corrected chi connectivity index (χ0v) is 11.3. The average molecular weight is 337 g/mol. The van der Waals surface area contributed by atoms with Gasteiger partial charge in [0.1, 0.15) is 6.29 Å². The molecule has 0 heterocycles. The van der Waals surface area contributed by atoms with Gasteiger partial charge in [0.15, 0.2) is 0 Å². The van der Waals surface area contributed by atoms with Crippen LogP contribution in [0.15, 0.2) is 42.5 Å². The van der Waals surface area contributed by atoms with E-state index in [0.29, 0.717) is 6.42 Å². The van der Waals surface area contributed by atoms with Crippen LogP contribution in [0.5, 0.6) is 0 Å². The van der Waals surface area contributed by atoms with Gasteiger partial charge in [0.25, 0.3) is 0 Å². The minimum absolute atomic E-state index is 0.692. The lowest BCUT2D eigenvalue weighted by molar-refractivity contribution is 0.112. The number of carbonyl (C=O) groups excluding carboxylic acids is 1. The van der Waals surface area contributed by atoms with E-state index in [1.807, 2.05) is 36.4 Å². The lowest BCUT2D eigenvalue weighted by Crippen LogP contribution is -1.99. The first-order chi connectivity index (χ1) is 8.20. The Kier molecular flexibility index (Phi) is 3.78. The van der Waals surface area contributed by atoms with Crippen LogP contribution in [0.3, 0.4) is 0 Å². The first-order valence-corrected chi connectivity index (χ1v) is 6.35. The summed E-state index contributed by atoms with van der Waals surface area (Å²) in [4.78, 5) is 10.9. The molecule has 17 heavy (non-hydrogen) atoms. The Morgan fingerprint density at radius 2 is 1.88 bits per heavy atom. The molecule has 2 aromatic rings. The molecular formula is C14H12INO.